The Hall–Kier alpha value is -2.08. The van der Waals surface area contributed by atoms with E-state index in [-0.39, 0.29) is 5.82 Å². The minimum absolute atomic E-state index is 0.332. The molecular formula is C15H20FN3O2. The van der Waals surface area contributed by atoms with E-state index in [2.05, 4.69) is 10.3 Å². The zero-order valence-corrected chi connectivity index (χ0v) is 12.3. The van der Waals surface area contributed by atoms with Crippen LogP contribution in [0.1, 0.15) is 13.3 Å². The van der Waals surface area contributed by atoms with Gasteiger partial charge in [0.25, 0.3) is 0 Å². The third kappa shape index (κ3) is 3.95. The molecule has 0 unspecified atom stereocenters. The standard InChI is InChI=1S/C15H20FN3O2/c1-3-21-10-4-7-17-15-18-8-9-19(15)13-6-5-12(16)11-14(13)20-2/h5-6,8-9,11H,3-4,7,10H2,1-2H3,(H,17,18). The molecule has 0 saturated carbocycles. The predicted octanol–water partition coefficient (Wildman–Crippen LogP) is 2.86. The van der Waals surface area contributed by atoms with Crippen LogP contribution >= 0.6 is 0 Å². The lowest BCUT2D eigenvalue weighted by molar-refractivity contribution is 0.147. The van der Waals surface area contributed by atoms with E-state index < -0.39 is 0 Å². The number of anilines is 1. The molecule has 0 aliphatic rings. The van der Waals surface area contributed by atoms with E-state index in [4.69, 9.17) is 9.47 Å². The Morgan fingerprint density at radius 2 is 2.24 bits per heavy atom. The Kier molecular flexibility index (Phi) is 5.57. The van der Waals surface area contributed by atoms with Gasteiger partial charge < -0.3 is 14.8 Å². The first kappa shape index (κ1) is 15.3. The fraction of sp³-hybridized carbons (Fsp3) is 0.400. The molecule has 1 heterocycles. The van der Waals surface area contributed by atoms with E-state index in [1.54, 1.807) is 18.5 Å². The molecule has 2 rings (SSSR count). The van der Waals surface area contributed by atoms with Crippen molar-refractivity contribution in [3.8, 4) is 11.4 Å². The molecule has 2 aromatic rings. The summed E-state index contributed by atoms with van der Waals surface area (Å²) in [7, 11) is 1.52. The molecule has 5 nitrogen and oxygen atoms in total. The lowest BCUT2D eigenvalue weighted by Gasteiger charge is -2.13. The Morgan fingerprint density at radius 1 is 1.38 bits per heavy atom. The number of imidazole rings is 1. The molecule has 1 N–H and O–H groups in total. The van der Waals surface area contributed by atoms with Crippen LogP contribution < -0.4 is 10.1 Å². The highest BCUT2D eigenvalue weighted by Gasteiger charge is 2.10. The molecule has 0 saturated heterocycles. The van der Waals surface area contributed by atoms with E-state index in [1.165, 1.54) is 19.2 Å². The molecule has 0 fully saturated rings. The van der Waals surface area contributed by atoms with Gasteiger partial charge in [0.1, 0.15) is 11.6 Å². The minimum atomic E-state index is -0.332. The van der Waals surface area contributed by atoms with Crippen molar-refractivity contribution in [2.24, 2.45) is 0 Å². The molecule has 0 aliphatic carbocycles. The number of nitrogens with one attached hydrogen (secondary N) is 1. The fourth-order valence-corrected chi connectivity index (χ4v) is 2.00. The number of hydrogen-bond donors (Lipinski definition) is 1. The average Bonchev–Trinajstić information content (AvgIpc) is 2.95. The van der Waals surface area contributed by atoms with Crippen LogP contribution in [-0.4, -0.2) is 36.4 Å². The molecule has 1 aromatic heterocycles. The molecule has 0 atom stereocenters. The second kappa shape index (κ2) is 7.64. The first-order valence-electron chi connectivity index (χ1n) is 6.95. The summed E-state index contributed by atoms with van der Waals surface area (Å²) >= 11 is 0. The number of halogens is 1. The highest BCUT2D eigenvalue weighted by atomic mass is 19.1. The Morgan fingerprint density at radius 3 is 3.00 bits per heavy atom. The van der Waals surface area contributed by atoms with Crippen LogP contribution in [0.4, 0.5) is 10.3 Å². The Balaban J connectivity index is 2.09. The van der Waals surface area contributed by atoms with Crippen molar-refractivity contribution in [1.82, 2.24) is 9.55 Å². The lowest BCUT2D eigenvalue weighted by Crippen LogP contribution is -2.10. The number of methoxy groups -OCH3 is 1. The molecule has 1 aromatic carbocycles. The van der Waals surface area contributed by atoms with Crippen molar-refractivity contribution in [2.75, 3.05) is 32.2 Å². The van der Waals surface area contributed by atoms with Crippen LogP contribution in [0.5, 0.6) is 5.75 Å². The molecule has 21 heavy (non-hydrogen) atoms. The van der Waals surface area contributed by atoms with Gasteiger partial charge in [-0.05, 0) is 25.5 Å². The van der Waals surface area contributed by atoms with Crippen molar-refractivity contribution in [1.29, 1.82) is 0 Å². The number of hydrogen-bond acceptors (Lipinski definition) is 4. The molecular weight excluding hydrogens is 273 g/mol. The molecule has 0 aliphatic heterocycles. The Labute approximate surface area is 123 Å². The van der Waals surface area contributed by atoms with E-state index >= 15 is 0 Å². The summed E-state index contributed by atoms with van der Waals surface area (Å²) in [6, 6.07) is 4.42. The summed E-state index contributed by atoms with van der Waals surface area (Å²) in [5.41, 5.74) is 0.740. The largest absolute Gasteiger partial charge is 0.494 e. The van der Waals surface area contributed by atoms with Crippen LogP contribution in [0.3, 0.4) is 0 Å². The second-order valence-electron chi connectivity index (χ2n) is 4.41. The topological polar surface area (TPSA) is 48.3 Å². The van der Waals surface area contributed by atoms with Crippen molar-refractivity contribution >= 4 is 5.95 Å². The van der Waals surface area contributed by atoms with Crippen LogP contribution in [0, 0.1) is 5.82 Å². The lowest BCUT2D eigenvalue weighted by atomic mass is 10.3. The van der Waals surface area contributed by atoms with E-state index in [1.807, 2.05) is 11.5 Å². The number of aromatic nitrogens is 2. The van der Waals surface area contributed by atoms with Crippen LogP contribution in [-0.2, 0) is 4.74 Å². The monoisotopic (exact) mass is 293 g/mol. The number of ether oxygens (including phenoxy) is 2. The summed E-state index contributed by atoms with van der Waals surface area (Å²) in [4.78, 5) is 4.27. The highest BCUT2D eigenvalue weighted by Crippen LogP contribution is 2.26. The normalized spacial score (nSPS) is 10.6. The molecule has 114 valence electrons. The third-order valence-electron chi connectivity index (χ3n) is 2.99. The first-order valence-corrected chi connectivity index (χ1v) is 6.95. The highest BCUT2D eigenvalue weighted by molar-refractivity contribution is 5.51. The maximum Gasteiger partial charge on any atom is 0.207 e. The summed E-state index contributed by atoms with van der Waals surface area (Å²) in [5.74, 6) is 0.823. The van der Waals surface area contributed by atoms with Crippen LogP contribution in [0.2, 0.25) is 0 Å². The summed E-state index contributed by atoms with van der Waals surface area (Å²) in [5, 5.41) is 3.24. The maximum atomic E-state index is 13.3. The quantitative estimate of drug-likeness (QED) is 0.760. The van der Waals surface area contributed by atoms with E-state index in [0.717, 1.165) is 25.3 Å². The molecule has 6 heteroatoms. The first-order chi connectivity index (χ1) is 10.3. The van der Waals surface area contributed by atoms with Gasteiger partial charge in [-0.25, -0.2) is 9.37 Å². The van der Waals surface area contributed by atoms with Gasteiger partial charge in [0.15, 0.2) is 0 Å². The van der Waals surface area contributed by atoms with Crippen molar-refractivity contribution in [3.05, 3.63) is 36.4 Å². The van der Waals surface area contributed by atoms with Gasteiger partial charge in [0, 0.05) is 38.2 Å². The van der Waals surface area contributed by atoms with Gasteiger partial charge in [-0.1, -0.05) is 0 Å². The SMILES string of the molecule is CCOCCCNc1nccn1-c1ccc(F)cc1OC. The van der Waals surface area contributed by atoms with Crippen LogP contribution in [0.15, 0.2) is 30.6 Å². The molecule has 0 amide bonds. The smallest absolute Gasteiger partial charge is 0.207 e. The van der Waals surface area contributed by atoms with Crippen LogP contribution in [0.25, 0.3) is 5.69 Å². The molecule has 0 radical (unpaired) electrons. The average molecular weight is 293 g/mol. The van der Waals surface area contributed by atoms with Crippen molar-refractivity contribution < 1.29 is 13.9 Å². The second-order valence-corrected chi connectivity index (χ2v) is 4.41. The van der Waals surface area contributed by atoms with Gasteiger partial charge in [-0.2, -0.15) is 0 Å². The summed E-state index contributed by atoms with van der Waals surface area (Å²) < 4.78 is 25.6. The predicted molar refractivity (Wildman–Crippen MR) is 79.7 cm³/mol. The van der Waals surface area contributed by atoms with Gasteiger partial charge in [0.2, 0.25) is 5.95 Å². The zero-order chi connectivity index (χ0) is 15.1. The van der Waals surface area contributed by atoms with E-state index in [0.29, 0.717) is 18.3 Å². The summed E-state index contributed by atoms with van der Waals surface area (Å²) in [6.07, 6.45) is 4.38. The maximum absolute atomic E-state index is 13.3. The van der Waals surface area contributed by atoms with Gasteiger partial charge >= 0.3 is 0 Å². The van der Waals surface area contributed by atoms with Crippen molar-refractivity contribution in [3.63, 3.8) is 0 Å². The number of nitrogens with zero attached hydrogens (tertiary/aromatic N) is 2. The minimum Gasteiger partial charge on any atom is -0.494 e. The van der Waals surface area contributed by atoms with Gasteiger partial charge in [0.05, 0.1) is 12.8 Å². The third-order valence-corrected chi connectivity index (χ3v) is 2.99. The zero-order valence-electron chi connectivity index (χ0n) is 12.3. The number of benzene rings is 1. The molecule has 0 bridgehead atoms. The Bertz CT molecular complexity index is 572. The van der Waals surface area contributed by atoms with Crippen molar-refractivity contribution in [2.45, 2.75) is 13.3 Å². The summed E-state index contributed by atoms with van der Waals surface area (Å²) in [6.45, 7) is 4.16. The molecule has 0 spiro atoms. The van der Waals surface area contributed by atoms with Gasteiger partial charge in [-0.15, -0.1) is 0 Å². The van der Waals surface area contributed by atoms with Gasteiger partial charge in [-0.3, -0.25) is 4.57 Å². The van der Waals surface area contributed by atoms with E-state index in [9.17, 15) is 4.39 Å². The fourth-order valence-electron chi connectivity index (χ4n) is 2.00. The number of rotatable bonds is 8.